The molecule has 0 rings (SSSR count). The molecule has 0 heterocycles. The molecule has 0 aromatic heterocycles. The van der Waals surface area contributed by atoms with E-state index >= 15 is 0 Å². The van der Waals surface area contributed by atoms with Crippen LogP contribution in [0.2, 0.25) is 0 Å². The maximum absolute atomic E-state index is 11.4. The van der Waals surface area contributed by atoms with Crippen molar-refractivity contribution in [1.29, 1.82) is 0 Å². The minimum Gasteiger partial charge on any atom is -0.478 e. The summed E-state index contributed by atoms with van der Waals surface area (Å²) in [6.07, 6.45) is 4.17. The summed E-state index contributed by atoms with van der Waals surface area (Å²) in [7, 11) is 0. The zero-order valence-corrected chi connectivity index (χ0v) is 12.9. The van der Waals surface area contributed by atoms with E-state index in [9.17, 15) is 9.59 Å². The number of carboxylic acid groups (broad SMARTS) is 1. The first-order valence-corrected chi connectivity index (χ1v) is 6.73. The lowest BCUT2D eigenvalue weighted by Gasteiger charge is -2.19. The van der Waals surface area contributed by atoms with Crippen molar-refractivity contribution in [3.8, 4) is 0 Å². The van der Waals surface area contributed by atoms with Gasteiger partial charge in [-0.15, -0.1) is 0 Å². The minimum absolute atomic E-state index is 0.310. The summed E-state index contributed by atoms with van der Waals surface area (Å²) in [5.41, 5.74) is 0.566. The zero-order valence-electron chi connectivity index (χ0n) is 12.9. The van der Waals surface area contributed by atoms with Crippen LogP contribution >= 0.6 is 0 Å². The average molecular weight is 283 g/mol. The van der Waals surface area contributed by atoms with Crippen molar-refractivity contribution >= 4 is 12.1 Å². The number of carbonyl (C=O) groups is 2. The molecule has 0 spiro atoms. The minimum atomic E-state index is -0.930. The van der Waals surface area contributed by atoms with Gasteiger partial charge in [-0.05, 0) is 53.0 Å². The number of alkyl carbamates (subject to hydrolysis) is 1. The van der Waals surface area contributed by atoms with Crippen molar-refractivity contribution in [1.82, 2.24) is 5.32 Å². The standard InChI is InChI=1S/C15H25NO4/c1-6-11(12(7-2)13(17)18)9-8-10-16-14(19)20-15(3,4)5/h6-7H,8-10H2,1-5H3,(H,16,19)(H,17,18)/b11-6-,12-7+. The summed E-state index contributed by atoms with van der Waals surface area (Å²) in [6, 6.07) is 0. The van der Waals surface area contributed by atoms with Gasteiger partial charge in [-0.3, -0.25) is 0 Å². The third-order valence-corrected chi connectivity index (χ3v) is 2.50. The van der Waals surface area contributed by atoms with Crippen LogP contribution in [0.25, 0.3) is 0 Å². The molecule has 0 aliphatic carbocycles. The molecule has 20 heavy (non-hydrogen) atoms. The van der Waals surface area contributed by atoms with E-state index in [0.717, 1.165) is 5.57 Å². The molecule has 0 aliphatic heterocycles. The number of ether oxygens (including phenoxy) is 1. The van der Waals surface area contributed by atoms with E-state index in [0.29, 0.717) is 25.0 Å². The van der Waals surface area contributed by atoms with Gasteiger partial charge in [-0.2, -0.15) is 0 Å². The Bertz CT molecular complexity index is 403. The van der Waals surface area contributed by atoms with Crippen molar-refractivity contribution in [2.75, 3.05) is 6.54 Å². The number of carboxylic acids is 1. The largest absolute Gasteiger partial charge is 0.478 e. The Morgan fingerprint density at radius 3 is 2.20 bits per heavy atom. The molecule has 0 aromatic rings. The van der Waals surface area contributed by atoms with Gasteiger partial charge in [-0.1, -0.05) is 12.2 Å². The van der Waals surface area contributed by atoms with Crippen LogP contribution in [0.1, 0.15) is 47.5 Å². The van der Waals surface area contributed by atoms with E-state index in [1.165, 1.54) is 0 Å². The summed E-state index contributed by atoms with van der Waals surface area (Å²) >= 11 is 0. The van der Waals surface area contributed by atoms with Crippen LogP contribution in [-0.4, -0.2) is 29.3 Å². The molecule has 114 valence electrons. The highest BCUT2D eigenvalue weighted by Crippen LogP contribution is 2.16. The van der Waals surface area contributed by atoms with E-state index in [1.807, 2.05) is 6.92 Å². The number of amides is 1. The molecule has 2 N–H and O–H groups in total. The highest BCUT2D eigenvalue weighted by molar-refractivity contribution is 5.91. The van der Waals surface area contributed by atoms with Gasteiger partial charge >= 0.3 is 12.1 Å². The van der Waals surface area contributed by atoms with Gasteiger partial charge in [0.15, 0.2) is 0 Å². The Balaban J connectivity index is 4.18. The molecule has 0 radical (unpaired) electrons. The second-order valence-electron chi connectivity index (χ2n) is 5.35. The van der Waals surface area contributed by atoms with Crippen LogP contribution in [-0.2, 0) is 9.53 Å². The average Bonchev–Trinajstić information content (AvgIpc) is 2.30. The molecular formula is C15H25NO4. The molecule has 0 fully saturated rings. The number of allylic oxidation sites excluding steroid dienone is 2. The van der Waals surface area contributed by atoms with Crippen molar-refractivity contribution in [2.24, 2.45) is 0 Å². The van der Waals surface area contributed by atoms with E-state index in [2.05, 4.69) is 5.32 Å². The van der Waals surface area contributed by atoms with Crippen LogP contribution in [0.3, 0.4) is 0 Å². The van der Waals surface area contributed by atoms with Gasteiger partial charge in [0.1, 0.15) is 5.60 Å². The van der Waals surface area contributed by atoms with Crippen LogP contribution in [0, 0.1) is 0 Å². The van der Waals surface area contributed by atoms with Gasteiger partial charge in [0, 0.05) is 6.54 Å². The maximum Gasteiger partial charge on any atom is 0.407 e. The van der Waals surface area contributed by atoms with E-state index in [-0.39, 0.29) is 0 Å². The van der Waals surface area contributed by atoms with Gasteiger partial charge < -0.3 is 15.2 Å². The zero-order chi connectivity index (χ0) is 15.8. The first kappa shape index (κ1) is 18.2. The number of carbonyl (C=O) groups excluding carboxylic acids is 1. The Morgan fingerprint density at radius 1 is 1.20 bits per heavy atom. The molecule has 0 atom stereocenters. The molecule has 0 saturated carbocycles. The van der Waals surface area contributed by atoms with Crippen LogP contribution in [0.15, 0.2) is 23.3 Å². The number of hydrogen-bond acceptors (Lipinski definition) is 3. The fourth-order valence-corrected chi connectivity index (χ4v) is 1.66. The van der Waals surface area contributed by atoms with Gasteiger partial charge in [0.25, 0.3) is 0 Å². The van der Waals surface area contributed by atoms with Crippen molar-refractivity contribution in [2.45, 2.75) is 53.1 Å². The van der Waals surface area contributed by atoms with Crippen LogP contribution in [0.4, 0.5) is 4.79 Å². The number of aliphatic carboxylic acids is 1. The molecule has 0 bridgehead atoms. The fraction of sp³-hybridized carbons (Fsp3) is 0.600. The number of hydrogen-bond donors (Lipinski definition) is 2. The van der Waals surface area contributed by atoms with E-state index in [4.69, 9.17) is 9.84 Å². The Kier molecular flexibility index (Phi) is 7.65. The predicted octanol–water partition coefficient (Wildman–Crippen LogP) is 3.27. The van der Waals surface area contributed by atoms with Crippen LogP contribution in [0.5, 0.6) is 0 Å². The molecule has 1 amide bonds. The number of rotatable bonds is 6. The molecule has 5 heteroatoms. The van der Waals surface area contributed by atoms with Crippen molar-refractivity contribution < 1.29 is 19.4 Å². The first-order chi connectivity index (χ1) is 9.21. The molecular weight excluding hydrogens is 258 g/mol. The normalized spacial score (nSPS) is 13.1. The Labute approximate surface area is 120 Å². The molecule has 0 aliphatic rings. The topological polar surface area (TPSA) is 75.6 Å². The van der Waals surface area contributed by atoms with Gasteiger partial charge in [0.05, 0.1) is 5.57 Å². The second-order valence-corrected chi connectivity index (χ2v) is 5.35. The lowest BCUT2D eigenvalue weighted by molar-refractivity contribution is -0.132. The SMILES string of the molecule is C/C=C(CCCNC(=O)OC(C)(C)C)\C(=C/C)C(=O)O. The summed E-state index contributed by atoms with van der Waals surface area (Å²) in [4.78, 5) is 22.4. The quantitative estimate of drug-likeness (QED) is 0.445. The molecule has 5 nitrogen and oxygen atoms in total. The molecule has 0 unspecified atom stereocenters. The third-order valence-electron chi connectivity index (χ3n) is 2.50. The van der Waals surface area contributed by atoms with Gasteiger partial charge in [0.2, 0.25) is 0 Å². The smallest absolute Gasteiger partial charge is 0.407 e. The second kappa shape index (κ2) is 8.40. The maximum atomic E-state index is 11.4. The Morgan fingerprint density at radius 2 is 1.80 bits per heavy atom. The van der Waals surface area contributed by atoms with E-state index in [1.54, 1.807) is 39.8 Å². The third kappa shape index (κ3) is 7.61. The lowest BCUT2D eigenvalue weighted by Crippen LogP contribution is -2.33. The molecule has 0 aromatic carbocycles. The highest BCUT2D eigenvalue weighted by atomic mass is 16.6. The predicted molar refractivity (Wildman–Crippen MR) is 78.6 cm³/mol. The Hall–Kier alpha value is -1.78. The molecule has 0 saturated heterocycles. The van der Waals surface area contributed by atoms with Crippen molar-refractivity contribution in [3.05, 3.63) is 23.3 Å². The summed E-state index contributed by atoms with van der Waals surface area (Å²) in [6.45, 7) is 9.36. The summed E-state index contributed by atoms with van der Waals surface area (Å²) in [5, 5.41) is 11.7. The summed E-state index contributed by atoms with van der Waals surface area (Å²) in [5.74, 6) is -0.930. The highest BCUT2D eigenvalue weighted by Gasteiger charge is 2.16. The van der Waals surface area contributed by atoms with Gasteiger partial charge in [-0.25, -0.2) is 9.59 Å². The lowest BCUT2D eigenvalue weighted by atomic mass is 10.0. The first-order valence-electron chi connectivity index (χ1n) is 6.73. The monoisotopic (exact) mass is 283 g/mol. The van der Waals surface area contributed by atoms with E-state index < -0.39 is 17.7 Å². The van der Waals surface area contributed by atoms with Crippen molar-refractivity contribution in [3.63, 3.8) is 0 Å². The van der Waals surface area contributed by atoms with Crippen LogP contribution < -0.4 is 5.32 Å². The number of nitrogens with one attached hydrogen (secondary N) is 1. The summed E-state index contributed by atoms with van der Waals surface area (Å²) < 4.78 is 5.11. The fourth-order valence-electron chi connectivity index (χ4n) is 1.66.